The topological polar surface area (TPSA) is 80.3 Å². The lowest BCUT2D eigenvalue weighted by molar-refractivity contribution is -0.481. The first-order valence-corrected chi connectivity index (χ1v) is 8.79. The summed E-state index contributed by atoms with van der Waals surface area (Å²) in [5, 5.41) is 0. The molecule has 0 fully saturated rings. The van der Waals surface area contributed by atoms with Crippen LogP contribution in [0.1, 0.15) is 72.6 Å². The maximum atomic E-state index is 11.7. The average molecular weight is 348 g/mol. The number of hydrogen-bond donors (Lipinski definition) is 0. The maximum absolute atomic E-state index is 11.7. The van der Waals surface area contributed by atoms with Gasteiger partial charge in [-0.2, -0.15) is 0 Å². The van der Waals surface area contributed by atoms with Crippen LogP contribution >= 0.6 is 0 Å². The minimum atomic E-state index is -1.42. The van der Waals surface area contributed by atoms with Crippen molar-refractivity contribution in [2.75, 3.05) is 19.8 Å². The van der Waals surface area contributed by atoms with Crippen LogP contribution in [0.3, 0.4) is 0 Å². The first-order valence-electron chi connectivity index (χ1n) is 8.79. The third-order valence-corrected chi connectivity index (χ3v) is 3.08. The second-order valence-corrected chi connectivity index (χ2v) is 5.46. The van der Waals surface area contributed by atoms with Gasteiger partial charge in [0.15, 0.2) is 0 Å². The normalized spacial score (nSPS) is 11.3. The van der Waals surface area contributed by atoms with E-state index in [1.165, 1.54) is 0 Å². The van der Waals surface area contributed by atoms with E-state index in [-0.39, 0.29) is 18.8 Å². The Labute approximate surface area is 144 Å². The van der Waals surface area contributed by atoms with Crippen LogP contribution in [-0.2, 0) is 33.6 Å². The minimum Gasteiger partial charge on any atom is -0.466 e. The standard InChI is InChI=1S/C17H32O7/c1-5-8-13-21-17(4,22-14-9-6-2)24-23-16(19)12-10-11-15(18)20-7-3/h5-14H2,1-4H3. The van der Waals surface area contributed by atoms with Gasteiger partial charge < -0.3 is 14.2 Å². The van der Waals surface area contributed by atoms with Crippen LogP contribution in [0.4, 0.5) is 0 Å². The molecule has 0 radical (unpaired) electrons. The number of carbonyl (C=O) groups is 2. The molecule has 0 saturated carbocycles. The van der Waals surface area contributed by atoms with E-state index in [1.54, 1.807) is 13.8 Å². The lowest BCUT2D eigenvalue weighted by Gasteiger charge is -2.27. The smallest absolute Gasteiger partial charge is 0.342 e. The van der Waals surface area contributed by atoms with Crippen LogP contribution in [0.2, 0.25) is 0 Å². The third kappa shape index (κ3) is 12.3. The lowest BCUT2D eigenvalue weighted by atomic mass is 10.2. The first-order chi connectivity index (χ1) is 11.5. The number of esters is 1. The molecular formula is C17H32O7. The summed E-state index contributed by atoms with van der Waals surface area (Å²) in [6.07, 6.45) is 4.20. The Morgan fingerprint density at radius 2 is 1.38 bits per heavy atom. The van der Waals surface area contributed by atoms with Crippen molar-refractivity contribution in [2.45, 2.75) is 78.6 Å². The van der Waals surface area contributed by atoms with Crippen molar-refractivity contribution in [3.05, 3.63) is 0 Å². The molecule has 0 aliphatic carbocycles. The van der Waals surface area contributed by atoms with Crippen LogP contribution in [0, 0.1) is 0 Å². The van der Waals surface area contributed by atoms with Gasteiger partial charge in [0.1, 0.15) is 0 Å². The Kier molecular flexibility index (Phi) is 13.5. The zero-order valence-corrected chi connectivity index (χ0v) is 15.4. The van der Waals surface area contributed by atoms with E-state index in [9.17, 15) is 9.59 Å². The number of hydrogen-bond acceptors (Lipinski definition) is 7. The van der Waals surface area contributed by atoms with Gasteiger partial charge in [-0.3, -0.25) is 9.68 Å². The van der Waals surface area contributed by atoms with Crippen molar-refractivity contribution < 1.29 is 33.6 Å². The van der Waals surface area contributed by atoms with Gasteiger partial charge in [-0.25, -0.2) is 4.79 Å². The third-order valence-electron chi connectivity index (χ3n) is 3.08. The molecule has 0 rings (SSSR count). The second kappa shape index (κ2) is 14.2. The highest BCUT2D eigenvalue weighted by molar-refractivity contribution is 5.72. The molecule has 0 heterocycles. The summed E-state index contributed by atoms with van der Waals surface area (Å²) in [5.41, 5.74) is 0. The summed E-state index contributed by atoms with van der Waals surface area (Å²) in [4.78, 5) is 32.7. The van der Waals surface area contributed by atoms with Crippen molar-refractivity contribution in [1.29, 1.82) is 0 Å². The second-order valence-electron chi connectivity index (χ2n) is 5.46. The van der Waals surface area contributed by atoms with Crippen molar-refractivity contribution in [3.63, 3.8) is 0 Å². The van der Waals surface area contributed by atoms with Gasteiger partial charge in [0.2, 0.25) is 0 Å². The van der Waals surface area contributed by atoms with Crippen LogP contribution < -0.4 is 0 Å². The molecule has 24 heavy (non-hydrogen) atoms. The zero-order valence-electron chi connectivity index (χ0n) is 15.4. The molecule has 0 aromatic rings. The van der Waals surface area contributed by atoms with E-state index >= 15 is 0 Å². The van der Waals surface area contributed by atoms with E-state index in [1.807, 2.05) is 13.8 Å². The van der Waals surface area contributed by atoms with Gasteiger partial charge in [-0.05, 0) is 26.2 Å². The molecule has 142 valence electrons. The first kappa shape index (κ1) is 22.8. The number of unbranched alkanes of at least 4 members (excludes halogenated alkanes) is 2. The summed E-state index contributed by atoms with van der Waals surface area (Å²) in [5.74, 6) is -2.33. The van der Waals surface area contributed by atoms with Gasteiger partial charge in [0.05, 0.1) is 19.8 Å². The Balaban J connectivity index is 4.16. The number of rotatable bonds is 15. The molecular weight excluding hydrogens is 316 g/mol. The van der Waals surface area contributed by atoms with Crippen LogP contribution in [0.25, 0.3) is 0 Å². The average Bonchev–Trinajstić information content (AvgIpc) is 2.54. The molecule has 0 aliphatic heterocycles. The molecule has 0 amide bonds. The van der Waals surface area contributed by atoms with Crippen molar-refractivity contribution >= 4 is 11.9 Å². The molecule has 0 saturated heterocycles. The highest BCUT2D eigenvalue weighted by atomic mass is 17.3. The van der Waals surface area contributed by atoms with Gasteiger partial charge in [-0.1, -0.05) is 26.7 Å². The summed E-state index contributed by atoms with van der Waals surface area (Å²) in [6, 6.07) is 0. The van der Waals surface area contributed by atoms with Crippen molar-refractivity contribution in [3.8, 4) is 0 Å². The summed E-state index contributed by atoms with van der Waals surface area (Å²) < 4.78 is 15.9. The minimum absolute atomic E-state index is 0.0544. The molecule has 0 aliphatic rings. The van der Waals surface area contributed by atoms with Crippen LogP contribution in [0.5, 0.6) is 0 Å². The quantitative estimate of drug-likeness (QED) is 0.147. The van der Waals surface area contributed by atoms with E-state index < -0.39 is 11.9 Å². The summed E-state index contributed by atoms with van der Waals surface area (Å²) in [6.45, 7) is 8.61. The predicted molar refractivity (Wildman–Crippen MR) is 87.8 cm³/mol. The molecule has 0 atom stereocenters. The largest absolute Gasteiger partial charge is 0.466 e. The highest BCUT2D eigenvalue weighted by Crippen LogP contribution is 2.17. The van der Waals surface area contributed by atoms with Gasteiger partial charge in [0.25, 0.3) is 0 Å². The maximum Gasteiger partial charge on any atom is 0.342 e. The fourth-order valence-corrected chi connectivity index (χ4v) is 1.67. The molecule has 0 unspecified atom stereocenters. The van der Waals surface area contributed by atoms with E-state index in [0.717, 1.165) is 25.7 Å². The summed E-state index contributed by atoms with van der Waals surface area (Å²) >= 11 is 0. The molecule has 7 heteroatoms. The van der Waals surface area contributed by atoms with E-state index in [4.69, 9.17) is 24.0 Å². The van der Waals surface area contributed by atoms with Crippen molar-refractivity contribution in [1.82, 2.24) is 0 Å². The Bertz CT molecular complexity index is 334. The molecule has 7 nitrogen and oxygen atoms in total. The van der Waals surface area contributed by atoms with Gasteiger partial charge in [-0.15, -0.1) is 4.89 Å². The van der Waals surface area contributed by atoms with Crippen molar-refractivity contribution in [2.24, 2.45) is 0 Å². The monoisotopic (exact) mass is 348 g/mol. The van der Waals surface area contributed by atoms with Crippen LogP contribution in [-0.4, -0.2) is 37.7 Å². The summed E-state index contributed by atoms with van der Waals surface area (Å²) in [7, 11) is 0. The predicted octanol–water partition coefficient (Wildman–Crippen LogP) is 3.50. The zero-order chi connectivity index (χ0) is 18.3. The van der Waals surface area contributed by atoms with Crippen LogP contribution in [0.15, 0.2) is 0 Å². The molecule has 0 aromatic carbocycles. The SMILES string of the molecule is CCCCOC(C)(OCCCC)OOC(=O)CCCC(=O)OCC. The molecule has 0 spiro atoms. The Morgan fingerprint density at radius 1 is 0.833 bits per heavy atom. The molecule has 0 bridgehead atoms. The highest BCUT2D eigenvalue weighted by Gasteiger charge is 2.30. The fraction of sp³-hybridized carbons (Fsp3) is 0.882. The lowest BCUT2D eigenvalue weighted by Crippen LogP contribution is -2.37. The molecule has 0 N–H and O–H groups in total. The van der Waals surface area contributed by atoms with E-state index in [0.29, 0.717) is 26.2 Å². The Morgan fingerprint density at radius 3 is 1.88 bits per heavy atom. The van der Waals surface area contributed by atoms with E-state index in [2.05, 4.69) is 0 Å². The number of carbonyl (C=O) groups excluding carboxylic acids is 2. The Hall–Kier alpha value is -1.18. The molecule has 0 aromatic heterocycles. The van der Waals surface area contributed by atoms with Gasteiger partial charge in [0, 0.05) is 19.8 Å². The van der Waals surface area contributed by atoms with Gasteiger partial charge >= 0.3 is 17.9 Å². The number of ether oxygens (including phenoxy) is 3. The fourth-order valence-electron chi connectivity index (χ4n) is 1.67.